The second-order valence-corrected chi connectivity index (χ2v) is 7.12. The normalized spacial score (nSPS) is 12.0. The third-order valence-corrected chi connectivity index (χ3v) is 5.29. The van der Waals surface area contributed by atoms with Crippen molar-refractivity contribution in [2.45, 2.75) is 5.92 Å². The number of hydrogen-bond donors (Lipinski definition) is 1. The average Bonchev–Trinajstić information content (AvgIpc) is 3.30. The average molecular weight is 379 g/mol. The third kappa shape index (κ3) is 2.99. The van der Waals surface area contributed by atoms with Gasteiger partial charge in [0.15, 0.2) is 5.92 Å². The lowest BCUT2D eigenvalue weighted by molar-refractivity contribution is 0.0974. The fraction of sp³-hybridized carbons (Fsp3) is 0.0526. The van der Waals surface area contributed by atoms with E-state index in [2.05, 4.69) is 21.3 Å². The summed E-state index contributed by atoms with van der Waals surface area (Å²) in [5, 5.41) is 17.6. The molecule has 0 radical (unpaired) electrons. The number of para-hydroxylation sites is 1. The second-order valence-electron chi connectivity index (χ2n) is 5.62. The number of hydrogen-bond acceptors (Lipinski definition) is 5. The Labute approximate surface area is 157 Å². The minimum Gasteiger partial charge on any atom is -0.290 e. The van der Waals surface area contributed by atoms with E-state index >= 15 is 0 Å². The number of halogens is 1. The fourth-order valence-electron chi connectivity index (χ4n) is 2.61. The molecule has 0 amide bonds. The van der Waals surface area contributed by atoms with Crippen LogP contribution in [0, 0.1) is 11.3 Å². The molecule has 2 heterocycles. The van der Waals surface area contributed by atoms with E-state index in [1.807, 2.05) is 36.4 Å². The van der Waals surface area contributed by atoms with Gasteiger partial charge in [-0.2, -0.15) is 10.4 Å². The van der Waals surface area contributed by atoms with E-state index in [0.717, 1.165) is 15.8 Å². The van der Waals surface area contributed by atoms with Crippen molar-refractivity contribution in [1.82, 2.24) is 15.2 Å². The van der Waals surface area contributed by atoms with E-state index in [9.17, 15) is 10.1 Å². The van der Waals surface area contributed by atoms with Crippen LogP contribution in [0.2, 0.25) is 5.02 Å². The summed E-state index contributed by atoms with van der Waals surface area (Å²) in [6.45, 7) is 0. The van der Waals surface area contributed by atoms with E-state index in [1.54, 1.807) is 18.2 Å². The Morgan fingerprint density at radius 3 is 2.69 bits per heavy atom. The maximum Gasteiger partial charge on any atom is 0.204 e. The number of carbonyl (C=O) groups is 1. The van der Waals surface area contributed by atoms with Gasteiger partial charge in [-0.15, -0.1) is 11.3 Å². The van der Waals surface area contributed by atoms with E-state index in [-0.39, 0.29) is 11.5 Å². The van der Waals surface area contributed by atoms with Gasteiger partial charge in [0.05, 0.1) is 22.0 Å². The monoisotopic (exact) mass is 378 g/mol. The van der Waals surface area contributed by atoms with E-state index < -0.39 is 5.92 Å². The van der Waals surface area contributed by atoms with Crippen molar-refractivity contribution in [2.24, 2.45) is 0 Å². The molecule has 1 atom stereocenters. The van der Waals surface area contributed by atoms with Gasteiger partial charge in [-0.1, -0.05) is 35.9 Å². The van der Waals surface area contributed by atoms with Crippen LogP contribution < -0.4 is 0 Å². The van der Waals surface area contributed by atoms with Gasteiger partial charge in [0.25, 0.3) is 0 Å². The predicted octanol–water partition coefficient (Wildman–Crippen LogP) is 4.83. The number of nitriles is 1. The lowest BCUT2D eigenvalue weighted by atomic mass is 10.0. The molecule has 0 fully saturated rings. The number of fused-ring (bicyclic) bond motifs is 1. The van der Waals surface area contributed by atoms with Crippen molar-refractivity contribution in [3.8, 4) is 17.3 Å². The molecule has 0 saturated heterocycles. The first-order valence-electron chi connectivity index (χ1n) is 7.76. The van der Waals surface area contributed by atoms with Crippen LogP contribution >= 0.6 is 22.9 Å². The Morgan fingerprint density at radius 2 is 1.96 bits per heavy atom. The first-order chi connectivity index (χ1) is 12.7. The number of aromatic nitrogens is 3. The lowest BCUT2D eigenvalue weighted by Crippen LogP contribution is -2.11. The topological polar surface area (TPSA) is 82.4 Å². The highest BCUT2D eigenvalue weighted by Gasteiger charge is 2.27. The molecule has 0 aliphatic heterocycles. The first-order valence-corrected chi connectivity index (χ1v) is 8.96. The maximum atomic E-state index is 12.8. The quantitative estimate of drug-likeness (QED) is 0.515. The number of nitrogens with one attached hydrogen (secondary N) is 1. The molecule has 0 aliphatic carbocycles. The summed E-state index contributed by atoms with van der Waals surface area (Å²) in [5.41, 5.74) is 2.51. The zero-order chi connectivity index (χ0) is 18.1. The van der Waals surface area contributed by atoms with Crippen LogP contribution in [-0.2, 0) is 0 Å². The standard InChI is InChI=1S/C19H11ClN4OS/c20-12-7-5-11(6-8-12)15-9-16(24-23-15)18(25)13(10-21)19-22-14-3-1-2-4-17(14)26-19/h1-9,13H,(H,23,24). The molecule has 0 bridgehead atoms. The molecular weight excluding hydrogens is 368 g/mol. The molecule has 126 valence electrons. The highest BCUT2D eigenvalue weighted by Crippen LogP contribution is 2.30. The SMILES string of the molecule is N#CC(C(=O)c1cc(-c2ccc(Cl)cc2)n[nH]1)c1nc2ccccc2s1. The summed E-state index contributed by atoms with van der Waals surface area (Å²) in [4.78, 5) is 17.2. The zero-order valence-corrected chi connectivity index (χ0v) is 14.9. The highest BCUT2D eigenvalue weighted by molar-refractivity contribution is 7.18. The number of thiazole rings is 1. The van der Waals surface area contributed by atoms with Crippen LogP contribution in [0.25, 0.3) is 21.5 Å². The number of Topliss-reactive ketones (excluding diaryl/α,β-unsaturated/α-hetero) is 1. The van der Waals surface area contributed by atoms with Gasteiger partial charge < -0.3 is 0 Å². The Balaban J connectivity index is 1.65. The molecule has 1 unspecified atom stereocenters. The third-order valence-electron chi connectivity index (χ3n) is 3.93. The van der Waals surface area contributed by atoms with Gasteiger partial charge in [-0.25, -0.2) is 4.98 Å². The van der Waals surface area contributed by atoms with Gasteiger partial charge in [0.2, 0.25) is 5.78 Å². The minimum absolute atomic E-state index is 0.278. The van der Waals surface area contributed by atoms with Crippen molar-refractivity contribution < 1.29 is 4.79 Å². The van der Waals surface area contributed by atoms with Crippen LogP contribution in [0.1, 0.15) is 21.4 Å². The Morgan fingerprint density at radius 1 is 1.19 bits per heavy atom. The van der Waals surface area contributed by atoms with Crippen molar-refractivity contribution in [2.75, 3.05) is 0 Å². The summed E-state index contributed by atoms with van der Waals surface area (Å²) in [6, 6.07) is 18.4. The lowest BCUT2D eigenvalue weighted by Gasteiger charge is -2.01. The van der Waals surface area contributed by atoms with Crippen LogP contribution in [0.3, 0.4) is 0 Å². The van der Waals surface area contributed by atoms with Crippen LogP contribution in [0.15, 0.2) is 54.6 Å². The Kier molecular flexibility index (Phi) is 4.25. The fourth-order valence-corrected chi connectivity index (χ4v) is 3.75. The molecule has 26 heavy (non-hydrogen) atoms. The zero-order valence-electron chi connectivity index (χ0n) is 13.3. The number of ketones is 1. The van der Waals surface area contributed by atoms with Gasteiger partial charge in [0, 0.05) is 10.6 Å². The van der Waals surface area contributed by atoms with Crippen molar-refractivity contribution in [3.05, 3.63) is 70.3 Å². The molecule has 0 saturated carbocycles. The summed E-state index contributed by atoms with van der Waals surface area (Å²) in [7, 11) is 0. The molecule has 0 spiro atoms. The number of H-pyrrole nitrogens is 1. The number of carbonyl (C=O) groups excluding carboxylic acids is 1. The summed E-state index contributed by atoms with van der Waals surface area (Å²) in [6.07, 6.45) is 0. The minimum atomic E-state index is -0.967. The number of aromatic amines is 1. The molecule has 2 aromatic carbocycles. The molecular formula is C19H11ClN4OS. The maximum absolute atomic E-state index is 12.8. The van der Waals surface area contributed by atoms with Crippen LogP contribution in [0.4, 0.5) is 0 Å². The number of rotatable bonds is 4. The molecule has 0 aliphatic rings. The number of nitrogens with zero attached hydrogens (tertiary/aromatic N) is 3. The Bertz CT molecular complexity index is 1110. The second kappa shape index (κ2) is 6.71. The van der Waals surface area contributed by atoms with Gasteiger partial charge >= 0.3 is 0 Å². The van der Waals surface area contributed by atoms with Crippen molar-refractivity contribution in [1.29, 1.82) is 5.26 Å². The largest absolute Gasteiger partial charge is 0.290 e. The van der Waals surface area contributed by atoms with Crippen LogP contribution in [-0.4, -0.2) is 21.0 Å². The molecule has 5 nitrogen and oxygen atoms in total. The van der Waals surface area contributed by atoms with Gasteiger partial charge in [-0.05, 0) is 30.3 Å². The number of benzene rings is 2. The molecule has 1 N–H and O–H groups in total. The smallest absolute Gasteiger partial charge is 0.204 e. The predicted molar refractivity (Wildman–Crippen MR) is 101 cm³/mol. The Hall–Kier alpha value is -3.01. The highest BCUT2D eigenvalue weighted by atomic mass is 35.5. The first kappa shape index (κ1) is 16.5. The van der Waals surface area contributed by atoms with Crippen molar-refractivity contribution >= 4 is 38.9 Å². The summed E-state index contributed by atoms with van der Waals surface area (Å²) >= 11 is 7.25. The summed E-state index contributed by atoms with van der Waals surface area (Å²) < 4.78 is 0.946. The molecule has 2 aromatic heterocycles. The van der Waals surface area contributed by atoms with E-state index in [0.29, 0.717) is 15.7 Å². The van der Waals surface area contributed by atoms with Gasteiger partial charge in [0.1, 0.15) is 10.7 Å². The summed E-state index contributed by atoms with van der Waals surface area (Å²) in [5.74, 6) is -1.31. The molecule has 4 rings (SSSR count). The van der Waals surface area contributed by atoms with Crippen LogP contribution in [0.5, 0.6) is 0 Å². The van der Waals surface area contributed by atoms with Crippen molar-refractivity contribution in [3.63, 3.8) is 0 Å². The molecule has 4 aromatic rings. The van der Waals surface area contributed by atoms with E-state index in [1.165, 1.54) is 11.3 Å². The molecule has 7 heteroatoms. The van der Waals surface area contributed by atoms with E-state index in [4.69, 9.17) is 11.6 Å². The van der Waals surface area contributed by atoms with Gasteiger partial charge in [-0.3, -0.25) is 9.89 Å².